The molecular formula is C36H48N2. The first-order chi connectivity index (χ1) is 18.8. The number of fused-ring (bicyclic) bond motifs is 6. The predicted octanol–water partition coefficient (Wildman–Crippen LogP) is 11.7. The van der Waals surface area contributed by atoms with Crippen LogP contribution >= 0.6 is 0 Å². The lowest BCUT2D eigenvalue weighted by molar-refractivity contribution is 0.827. The fraction of sp³-hybridized carbons (Fsp3) is 0.333. The van der Waals surface area contributed by atoms with Gasteiger partial charge in [-0.15, -0.1) is 0 Å². The highest BCUT2D eigenvalue weighted by Crippen LogP contribution is 2.35. The summed E-state index contributed by atoms with van der Waals surface area (Å²) in [4.78, 5) is 0. The molecule has 0 saturated heterocycles. The van der Waals surface area contributed by atoms with E-state index in [-0.39, 0.29) is 0 Å². The first-order valence-corrected chi connectivity index (χ1v) is 14.8. The fourth-order valence-corrected chi connectivity index (χ4v) is 5.15. The number of nitrogens with zero attached hydrogens (tertiary/aromatic N) is 2. The molecule has 2 nitrogen and oxygen atoms in total. The molecule has 0 aliphatic carbocycles. The molecule has 0 fully saturated rings. The Morgan fingerprint density at radius 2 is 0.711 bits per heavy atom. The van der Waals surface area contributed by atoms with Crippen LogP contribution < -0.4 is 0 Å². The van der Waals surface area contributed by atoms with E-state index in [1.165, 1.54) is 54.7 Å². The molecule has 202 valence electrons. The summed E-state index contributed by atoms with van der Waals surface area (Å²) in [6.45, 7) is 22.4. The number of hydrogen-bond acceptors (Lipinski definition) is 0. The average molecular weight is 509 g/mol. The monoisotopic (exact) mass is 508 g/mol. The van der Waals surface area contributed by atoms with Gasteiger partial charge in [0, 0.05) is 56.7 Å². The van der Waals surface area contributed by atoms with Gasteiger partial charge >= 0.3 is 0 Å². The molecule has 0 amide bonds. The van der Waals surface area contributed by atoms with Crippen LogP contribution in [-0.2, 0) is 13.1 Å². The van der Waals surface area contributed by atoms with E-state index in [1.54, 1.807) is 0 Å². The van der Waals surface area contributed by atoms with Crippen molar-refractivity contribution in [2.45, 2.75) is 82.3 Å². The summed E-state index contributed by atoms with van der Waals surface area (Å²) in [6.07, 6.45) is 0. The topological polar surface area (TPSA) is 9.86 Å². The SMILES string of the molecule is CC.CC.CC.CC.CCn1c2ccccc2c2cc(-c3ccc4c(c3)c3ccccc3n4CC)ccc21. The Labute approximate surface area is 230 Å². The number of rotatable bonds is 3. The van der Waals surface area contributed by atoms with Crippen molar-refractivity contribution < 1.29 is 0 Å². The van der Waals surface area contributed by atoms with Crippen LogP contribution in [0.2, 0.25) is 0 Å². The van der Waals surface area contributed by atoms with Crippen molar-refractivity contribution in [1.82, 2.24) is 9.13 Å². The molecule has 0 atom stereocenters. The summed E-state index contributed by atoms with van der Waals surface area (Å²) in [5, 5.41) is 5.33. The van der Waals surface area contributed by atoms with Crippen LogP contribution in [0, 0.1) is 0 Å². The molecular weight excluding hydrogens is 460 g/mol. The van der Waals surface area contributed by atoms with Crippen molar-refractivity contribution in [3.63, 3.8) is 0 Å². The molecule has 2 heterocycles. The predicted molar refractivity (Wildman–Crippen MR) is 175 cm³/mol. The largest absolute Gasteiger partial charge is 0.341 e. The zero-order valence-electron chi connectivity index (χ0n) is 25.4. The van der Waals surface area contributed by atoms with Gasteiger partial charge in [0.1, 0.15) is 0 Å². The normalized spacial score (nSPS) is 10.1. The zero-order chi connectivity index (χ0) is 28.2. The minimum absolute atomic E-state index is 0.978. The lowest BCUT2D eigenvalue weighted by atomic mass is 10.0. The number of benzene rings is 4. The van der Waals surface area contributed by atoms with Crippen molar-refractivity contribution in [3.05, 3.63) is 84.9 Å². The Kier molecular flexibility index (Phi) is 12.1. The third kappa shape index (κ3) is 5.50. The first kappa shape index (κ1) is 30.7. The molecule has 38 heavy (non-hydrogen) atoms. The van der Waals surface area contributed by atoms with Gasteiger partial charge in [0.2, 0.25) is 0 Å². The molecule has 0 aliphatic rings. The maximum absolute atomic E-state index is 2.41. The van der Waals surface area contributed by atoms with Gasteiger partial charge in [0.05, 0.1) is 0 Å². The number of aryl methyl sites for hydroxylation is 2. The summed E-state index contributed by atoms with van der Waals surface area (Å²) >= 11 is 0. The molecule has 0 radical (unpaired) electrons. The minimum atomic E-state index is 0.978. The second kappa shape index (κ2) is 15.0. The maximum atomic E-state index is 2.41. The molecule has 0 saturated carbocycles. The van der Waals surface area contributed by atoms with Crippen molar-refractivity contribution in [2.24, 2.45) is 0 Å². The molecule has 0 bridgehead atoms. The van der Waals surface area contributed by atoms with E-state index < -0.39 is 0 Å². The number of aromatic nitrogens is 2. The van der Waals surface area contributed by atoms with E-state index in [2.05, 4.69) is 108 Å². The van der Waals surface area contributed by atoms with Crippen LogP contribution in [0.1, 0.15) is 69.2 Å². The van der Waals surface area contributed by atoms with E-state index in [0.717, 1.165) is 13.1 Å². The molecule has 6 rings (SSSR count). The van der Waals surface area contributed by atoms with Gasteiger partial charge in [-0.3, -0.25) is 0 Å². The Morgan fingerprint density at radius 3 is 1.05 bits per heavy atom. The first-order valence-electron chi connectivity index (χ1n) is 14.8. The van der Waals surface area contributed by atoms with Gasteiger partial charge in [0.25, 0.3) is 0 Å². The van der Waals surface area contributed by atoms with E-state index in [4.69, 9.17) is 0 Å². The second-order valence-corrected chi connectivity index (χ2v) is 7.99. The summed E-state index contributed by atoms with van der Waals surface area (Å²) in [7, 11) is 0. The summed E-state index contributed by atoms with van der Waals surface area (Å²) < 4.78 is 4.82. The van der Waals surface area contributed by atoms with Gasteiger partial charge in [-0.2, -0.15) is 0 Å². The Balaban J connectivity index is 0.000000583. The van der Waals surface area contributed by atoms with Crippen molar-refractivity contribution >= 4 is 43.6 Å². The Morgan fingerprint density at radius 1 is 0.395 bits per heavy atom. The van der Waals surface area contributed by atoms with Crippen molar-refractivity contribution in [3.8, 4) is 11.1 Å². The molecule has 0 aliphatic heterocycles. The van der Waals surface area contributed by atoms with Crippen LogP contribution in [0.5, 0.6) is 0 Å². The van der Waals surface area contributed by atoms with E-state index in [9.17, 15) is 0 Å². The van der Waals surface area contributed by atoms with Crippen LogP contribution in [-0.4, -0.2) is 9.13 Å². The summed E-state index contributed by atoms with van der Waals surface area (Å²) in [6, 6.07) is 31.3. The highest BCUT2D eigenvalue weighted by atomic mass is 15.0. The number of hydrogen-bond donors (Lipinski definition) is 0. The molecule has 0 spiro atoms. The smallest absolute Gasteiger partial charge is 0.0491 e. The van der Waals surface area contributed by atoms with Gasteiger partial charge in [-0.1, -0.05) is 104 Å². The summed E-state index contributed by atoms with van der Waals surface area (Å²) in [5.41, 5.74) is 7.80. The van der Waals surface area contributed by atoms with Crippen LogP contribution in [0.15, 0.2) is 84.9 Å². The lowest BCUT2D eigenvalue weighted by Crippen LogP contribution is -1.93. The van der Waals surface area contributed by atoms with E-state index >= 15 is 0 Å². The highest BCUT2D eigenvalue weighted by Gasteiger charge is 2.13. The zero-order valence-corrected chi connectivity index (χ0v) is 25.4. The Bertz CT molecular complexity index is 1440. The van der Waals surface area contributed by atoms with E-state index in [1.807, 2.05) is 55.4 Å². The van der Waals surface area contributed by atoms with Crippen molar-refractivity contribution in [2.75, 3.05) is 0 Å². The minimum Gasteiger partial charge on any atom is -0.341 e. The fourth-order valence-electron chi connectivity index (χ4n) is 5.15. The third-order valence-corrected chi connectivity index (χ3v) is 6.51. The lowest BCUT2D eigenvalue weighted by Gasteiger charge is -2.06. The third-order valence-electron chi connectivity index (χ3n) is 6.51. The molecule has 4 aromatic carbocycles. The van der Waals surface area contributed by atoms with Gasteiger partial charge < -0.3 is 9.13 Å². The molecule has 2 aromatic heterocycles. The summed E-state index contributed by atoms with van der Waals surface area (Å²) in [5.74, 6) is 0. The van der Waals surface area contributed by atoms with Crippen LogP contribution in [0.4, 0.5) is 0 Å². The molecule has 0 N–H and O–H groups in total. The molecule has 6 aromatic rings. The Hall–Kier alpha value is -3.52. The maximum Gasteiger partial charge on any atom is 0.0491 e. The van der Waals surface area contributed by atoms with E-state index in [0.29, 0.717) is 0 Å². The van der Waals surface area contributed by atoms with Crippen LogP contribution in [0.3, 0.4) is 0 Å². The highest BCUT2D eigenvalue weighted by molar-refractivity contribution is 6.11. The van der Waals surface area contributed by atoms with Gasteiger partial charge in [-0.05, 0) is 61.4 Å². The van der Waals surface area contributed by atoms with Gasteiger partial charge in [0.15, 0.2) is 0 Å². The van der Waals surface area contributed by atoms with Crippen molar-refractivity contribution in [1.29, 1.82) is 0 Å². The number of para-hydroxylation sites is 2. The average Bonchev–Trinajstić information content (AvgIpc) is 3.52. The van der Waals surface area contributed by atoms with Crippen LogP contribution in [0.25, 0.3) is 54.7 Å². The molecule has 2 heteroatoms. The standard InChI is InChI=1S/C28H24N2.4C2H6/c1-3-29-25-11-7-5-9-21(25)23-17-19(13-15-27(23)29)20-14-16-28-24(18-20)22-10-6-8-12-26(22)30(28)4-2;4*1-2/h5-18H,3-4H2,1-2H3;4*1-2H3. The quantitative estimate of drug-likeness (QED) is 0.225. The second-order valence-electron chi connectivity index (χ2n) is 7.99. The molecule has 0 unspecified atom stereocenters. The van der Waals surface area contributed by atoms with Gasteiger partial charge in [-0.25, -0.2) is 0 Å².